The van der Waals surface area contributed by atoms with Crippen molar-refractivity contribution < 1.29 is 37.0 Å². The molecule has 2 aromatic rings. The fourth-order valence-electron chi connectivity index (χ4n) is 2.05. The smallest absolute Gasteiger partial charge is 0.416 e. The van der Waals surface area contributed by atoms with Crippen LogP contribution in [0.1, 0.15) is 21.7 Å². The van der Waals surface area contributed by atoms with Crippen LogP contribution in [0.4, 0.5) is 18.9 Å². The molecule has 11 heteroatoms. The molecule has 0 radical (unpaired) electrons. The molecular formula is C18H18F3N3O5. The molecule has 156 valence electrons. The SMILES string of the molecule is COCCOc1ccc(C(F)(F)F)cc1NC(=O)COC(=O)c1cnc(C)cn1. The molecule has 0 aliphatic rings. The van der Waals surface area contributed by atoms with E-state index in [1.165, 1.54) is 19.5 Å². The number of nitrogens with zero attached hydrogens (tertiary/aromatic N) is 2. The zero-order valence-electron chi connectivity index (χ0n) is 15.6. The first-order chi connectivity index (χ1) is 13.7. The number of aromatic nitrogens is 2. The second kappa shape index (κ2) is 9.82. The summed E-state index contributed by atoms with van der Waals surface area (Å²) >= 11 is 0. The summed E-state index contributed by atoms with van der Waals surface area (Å²) in [4.78, 5) is 31.6. The number of methoxy groups -OCH3 is 1. The van der Waals surface area contributed by atoms with Gasteiger partial charge in [0, 0.05) is 13.3 Å². The summed E-state index contributed by atoms with van der Waals surface area (Å²) in [6, 6.07) is 2.64. The molecule has 0 spiro atoms. The summed E-state index contributed by atoms with van der Waals surface area (Å²) in [5.41, 5.74) is -0.707. The van der Waals surface area contributed by atoms with Crippen LogP contribution in [0, 0.1) is 6.92 Å². The molecule has 0 fully saturated rings. The number of anilines is 1. The number of esters is 1. The monoisotopic (exact) mass is 413 g/mol. The lowest BCUT2D eigenvalue weighted by molar-refractivity contribution is -0.137. The highest BCUT2D eigenvalue weighted by atomic mass is 19.4. The van der Waals surface area contributed by atoms with Crippen LogP contribution in [0.3, 0.4) is 0 Å². The predicted molar refractivity (Wildman–Crippen MR) is 94.5 cm³/mol. The number of carbonyl (C=O) groups is 2. The van der Waals surface area contributed by atoms with Crippen molar-refractivity contribution in [2.45, 2.75) is 13.1 Å². The van der Waals surface area contributed by atoms with Crippen molar-refractivity contribution in [3.63, 3.8) is 0 Å². The van der Waals surface area contributed by atoms with Gasteiger partial charge >= 0.3 is 12.1 Å². The third-order valence-electron chi connectivity index (χ3n) is 3.45. The third kappa shape index (κ3) is 6.71. The molecule has 1 aromatic heterocycles. The van der Waals surface area contributed by atoms with E-state index in [9.17, 15) is 22.8 Å². The van der Waals surface area contributed by atoms with Gasteiger partial charge in [0.05, 0.1) is 29.7 Å². The molecule has 0 aliphatic carbocycles. The number of benzene rings is 1. The van der Waals surface area contributed by atoms with Gasteiger partial charge in [-0.3, -0.25) is 9.78 Å². The Morgan fingerprint density at radius 1 is 1.14 bits per heavy atom. The molecule has 1 amide bonds. The Bertz CT molecular complexity index is 857. The van der Waals surface area contributed by atoms with Gasteiger partial charge in [-0.1, -0.05) is 0 Å². The van der Waals surface area contributed by atoms with E-state index in [0.29, 0.717) is 5.69 Å². The van der Waals surface area contributed by atoms with Gasteiger partial charge in [0.1, 0.15) is 12.4 Å². The van der Waals surface area contributed by atoms with Gasteiger partial charge in [-0.15, -0.1) is 0 Å². The Hall–Kier alpha value is -3.21. The third-order valence-corrected chi connectivity index (χ3v) is 3.45. The number of carbonyl (C=O) groups excluding carboxylic acids is 2. The molecule has 0 atom stereocenters. The normalized spacial score (nSPS) is 11.1. The highest BCUT2D eigenvalue weighted by Gasteiger charge is 2.31. The van der Waals surface area contributed by atoms with Crippen LogP contribution in [0.25, 0.3) is 0 Å². The van der Waals surface area contributed by atoms with E-state index >= 15 is 0 Å². The van der Waals surface area contributed by atoms with E-state index in [-0.39, 0.29) is 30.3 Å². The van der Waals surface area contributed by atoms with Gasteiger partial charge in [-0.25, -0.2) is 9.78 Å². The van der Waals surface area contributed by atoms with Gasteiger partial charge in [-0.05, 0) is 25.1 Å². The number of nitrogens with one attached hydrogen (secondary N) is 1. The Balaban J connectivity index is 2.06. The lowest BCUT2D eigenvalue weighted by Crippen LogP contribution is -2.22. The first-order valence-electron chi connectivity index (χ1n) is 8.29. The van der Waals surface area contributed by atoms with E-state index in [4.69, 9.17) is 14.2 Å². The van der Waals surface area contributed by atoms with Crippen LogP contribution in [0.15, 0.2) is 30.6 Å². The maximum Gasteiger partial charge on any atom is 0.416 e. The first-order valence-corrected chi connectivity index (χ1v) is 8.29. The zero-order chi connectivity index (χ0) is 21.4. The summed E-state index contributed by atoms with van der Waals surface area (Å²) in [5.74, 6) is -1.73. The van der Waals surface area contributed by atoms with Crippen molar-refractivity contribution in [3.05, 3.63) is 47.5 Å². The van der Waals surface area contributed by atoms with Crippen molar-refractivity contribution in [3.8, 4) is 5.75 Å². The van der Waals surface area contributed by atoms with Crippen molar-refractivity contribution >= 4 is 17.6 Å². The Labute approximate surface area is 164 Å². The summed E-state index contributed by atoms with van der Waals surface area (Å²) in [6.45, 7) is 1.20. The van der Waals surface area contributed by atoms with Crippen LogP contribution >= 0.6 is 0 Å². The number of ether oxygens (including phenoxy) is 3. The largest absolute Gasteiger partial charge is 0.489 e. The number of rotatable bonds is 8. The van der Waals surface area contributed by atoms with E-state index in [1.807, 2.05) is 0 Å². The van der Waals surface area contributed by atoms with Gasteiger partial charge in [0.15, 0.2) is 12.3 Å². The Morgan fingerprint density at radius 3 is 2.52 bits per heavy atom. The molecule has 0 aliphatic heterocycles. The van der Waals surface area contributed by atoms with E-state index in [0.717, 1.165) is 18.2 Å². The highest BCUT2D eigenvalue weighted by Crippen LogP contribution is 2.35. The molecule has 0 unspecified atom stereocenters. The number of aryl methyl sites for hydroxylation is 1. The molecule has 1 aromatic carbocycles. The number of amides is 1. The molecule has 29 heavy (non-hydrogen) atoms. The molecule has 0 saturated carbocycles. The molecule has 2 rings (SSSR count). The lowest BCUT2D eigenvalue weighted by atomic mass is 10.1. The van der Waals surface area contributed by atoms with Crippen LogP contribution in [0.5, 0.6) is 5.75 Å². The minimum Gasteiger partial charge on any atom is -0.489 e. The topological polar surface area (TPSA) is 99.6 Å². The molecule has 1 N–H and O–H groups in total. The zero-order valence-corrected chi connectivity index (χ0v) is 15.6. The predicted octanol–water partition coefficient (Wildman–Crippen LogP) is 2.62. The Morgan fingerprint density at radius 2 is 1.90 bits per heavy atom. The van der Waals surface area contributed by atoms with Crippen LogP contribution in [-0.2, 0) is 20.4 Å². The summed E-state index contributed by atoms with van der Waals surface area (Å²) in [7, 11) is 1.44. The fraction of sp³-hybridized carbons (Fsp3) is 0.333. The summed E-state index contributed by atoms with van der Waals surface area (Å²) in [6.07, 6.45) is -2.08. The molecule has 1 heterocycles. The molecule has 8 nitrogen and oxygen atoms in total. The van der Waals surface area contributed by atoms with Crippen molar-refractivity contribution in [2.24, 2.45) is 0 Å². The highest BCUT2D eigenvalue weighted by molar-refractivity contribution is 5.95. The summed E-state index contributed by atoms with van der Waals surface area (Å²) < 4.78 is 53.8. The second-order valence-corrected chi connectivity index (χ2v) is 5.72. The van der Waals surface area contributed by atoms with E-state index in [1.54, 1.807) is 6.92 Å². The van der Waals surface area contributed by atoms with Crippen LogP contribution in [-0.4, -0.2) is 48.8 Å². The lowest BCUT2D eigenvalue weighted by Gasteiger charge is -2.15. The summed E-state index contributed by atoms with van der Waals surface area (Å²) in [5, 5.41) is 2.25. The number of hydrogen-bond donors (Lipinski definition) is 1. The Kier molecular flexibility index (Phi) is 7.48. The number of hydrogen-bond acceptors (Lipinski definition) is 7. The standard InChI is InChI=1S/C18H18F3N3O5/c1-11-8-23-14(9-22-11)17(26)29-10-16(25)24-13-7-12(18(19,20)21)3-4-15(13)28-6-5-27-2/h3-4,7-9H,5-6,10H2,1-2H3,(H,24,25). The quantitative estimate of drug-likeness (QED) is 0.525. The van der Waals surface area contributed by atoms with Crippen molar-refractivity contribution in [1.29, 1.82) is 0 Å². The van der Waals surface area contributed by atoms with Crippen molar-refractivity contribution in [2.75, 3.05) is 32.2 Å². The maximum atomic E-state index is 13.0. The minimum atomic E-state index is -4.61. The van der Waals surface area contributed by atoms with E-state index in [2.05, 4.69) is 15.3 Å². The molecule has 0 saturated heterocycles. The van der Waals surface area contributed by atoms with Gasteiger partial charge in [0.2, 0.25) is 0 Å². The minimum absolute atomic E-state index is 0.0131. The fourth-order valence-corrected chi connectivity index (χ4v) is 2.05. The average Bonchev–Trinajstić information content (AvgIpc) is 2.67. The van der Waals surface area contributed by atoms with Crippen LogP contribution < -0.4 is 10.1 Å². The number of halogens is 3. The molecule has 0 bridgehead atoms. The maximum absolute atomic E-state index is 13.0. The van der Waals surface area contributed by atoms with Gasteiger partial charge in [0.25, 0.3) is 5.91 Å². The van der Waals surface area contributed by atoms with E-state index < -0.39 is 30.2 Å². The second-order valence-electron chi connectivity index (χ2n) is 5.72. The molecular weight excluding hydrogens is 395 g/mol. The van der Waals surface area contributed by atoms with Crippen molar-refractivity contribution in [1.82, 2.24) is 9.97 Å². The average molecular weight is 413 g/mol. The number of alkyl halides is 3. The van der Waals surface area contributed by atoms with Crippen LogP contribution in [0.2, 0.25) is 0 Å². The van der Waals surface area contributed by atoms with Gasteiger partial charge in [-0.2, -0.15) is 13.2 Å². The van der Waals surface area contributed by atoms with Gasteiger partial charge < -0.3 is 19.5 Å². The first kappa shape index (κ1) is 22.1.